The zero-order valence-electron chi connectivity index (χ0n) is 12.2. The van der Waals surface area contributed by atoms with Gasteiger partial charge >= 0.3 is 0 Å². The third kappa shape index (κ3) is 3.39. The number of nitrogens with one attached hydrogen (secondary N) is 1. The summed E-state index contributed by atoms with van der Waals surface area (Å²) in [5.41, 5.74) is 0.857. The highest BCUT2D eigenvalue weighted by Crippen LogP contribution is 2.28. The molecule has 0 saturated carbocycles. The van der Waals surface area contributed by atoms with Crippen molar-refractivity contribution in [3.63, 3.8) is 0 Å². The third-order valence-electron chi connectivity index (χ3n) is 2.88. The molecule has 0 aliphatic heterocycles. The lowest BCUT2D eigenvalue weighted by molar-refractivity contribution is 0.318. The second-order valence-electron chi connectivity index (χ2n) is 4.48. The molecule has 2 N–H and O–H groups in total. The molecule has 9 heteroatoms. The monoisotopic (exact) mass is 346 g/mol. The summed E-state index contributed by atoms with van der Waals surface area (Å²) in [6.45, 7) is 1.99. The van der Waals surface area contributed by atoms with Gasteiger partial charge in [0.1, 0.15) is 5.69 Å². The Kier molecular flexibility index (Phi) is 5.22. The standard InChI is InChI=1S/C15H11F5N2O2/c1-2-24-9-5-7(3-4-8(9)23)6-21-22-15-13(19)11(17)10(16)12(18)14(15)20/h3-6,22-23H,2H2,1H3/b21-6-. The molecule has 2 aromatic rings. The van der Waals surface area contributed by atoms with Crippen LogP contribution in [-0.2, 0) is 0 Å². The van der Waals surface area contributed by atoms with Crippen molar-refractivity contribution >= 4 is 11.9 Å². The van der Waals surface area contributed by atoms with Crippen LogP contribution in [0.3, 0.4) is 0 Å². The quantitative estimate of drug-likeness (QED) is 0.284. The molecule has 0 aliphatic rings. The number of rotatable bonds is 5. The molecular formula is C15H11F5N2O2. The average molecular weight is 346 g/mol. The molecule has 4 nitrogen and oxygen atoms in total. The fraction of sp³-hybridized carbons (Fsp3) is 0.133. The molecule has 0 radical (unpaired) electrons. The maximum Gasteiger partial charge on any atom is 0.200 e. The van der Waals surface area contributed by atoms with Crippen LogP contribution in [0.25, 0.3) is 0 Å². The first-order chi connectivity index (χ1) is 11.4. The second kappa shape index (κ2) is 7.16. The van der Waals surface area contributed by atoms with Gasteiger partial charge in [-0.1, -0.05) is 0 Å². The van der Waals surface area contributed by atoms with Crippen molar-refractivity contribution in [1.29, 1.82) is 0 Å². The number of benzene rings is 2. The molecule has 2 rings (SSSR count). The van der Waals surface area contributed by atoms with E-state index < -0.39 is 34.8 Å². The zero-order chi connectivity index (χ0) is 17.9. The maximum absolute atomic E-state index is 13.4. The minimum Gasteiger partial charge on any atom is -0.504 e. The summed E-state index contributed by atoms with van der Waals surface area (Å²) in [6, 6.07) is 4.08. The van der Waals surface area contributed by atoms with Crippen molar-refractivity contribution in [3.8, 4) is 11.5 Å². The van der Waals surface area contributed by atoms with Crippen molar-refractivity contribution < 1.29 is 31.8 Å². The minimum absolute atomic E-state index is 0.123. The van der Waals surface area contributed by atoms with Crippen molar-refractivity contribution in [2.45, 2.75) is 6.92 Å². The molecule has 0 fully saturated rings. The van der Waals surface area contributed by atoms with Gasteiger partial charge in [0.15, 0.2) is 34.8 Å². The first-order valence-electron chi connectivity index (χ1n) is 6.63. The highest BCUT2D eigenvalue weighted by molar-refractivity contribution is 5.81. The molecule has 2 aromatic carbocycles. The number of phenols is 1. The molecule has 0 aromatic heterocycles. The predicted octanol–water partition coefficient (Wildman–Crippen LogP) is 3.93. The van der Waals surface area contributed by atoms with E-state index >= 15 is 0 Å². The Hall–Kier alpha value is -2.84. The van der Waals surface area contributed by atoms with E-state index in [0.29, 0.717) is 5.56 Å². The van der Waals surface area contributed by atoms with Gasteiger partial charge in [0, 0.05) is 0 Å². The number of phenolic OH excluding ortho intramolecular Hbond substituents is 1. The minimum atomic E-state index is -2.25. The number of nitrogens with zero attached hydrogens (tertiary/aromatic N) is 1. The Morgan fingerprint density at radius 2 is 1.62 bits per heavy atom. The zero-order valence-corrected chi connectivity index (χ0v) is 12.2. The van der Waals surface area contributed by atoms with Crippen molar-refractivity contribution in [2.75, 3.05) is 12.0 Å². The van der Waals surface area contributed by atoms with E-state index in [4.69, 9.17) is 4.74 Å². The van der Waals surface area contributed by atoms with Crippen molar-refractivity contribution in [2.24, 2.45) is 5.10 Å². The Morgan fingerprint density at radius 1 is 1.04 bits per heavy atom. The summed E-state index contributed by atoms with van der Waals surface area (Å²) >= 11 is 0. The largest absolute Gasteiger partial charge is 0.504 e. The van der Waals surface area contributed by atoms with E-state index in [1.807, 2.05) is 0 Å². The van der Waals surface area contributed by atoms with Gasteiger partial charge in [-0.3, -0.25) is 5.43 Å². The SMILES string of the molecule is CCOc1cc(/C=N\Nc2c(F)c(F)c(F)c(F)c2F)ccc1O. The predicted molar refractivity (Wildman–Crippen MR) is 76.7 cm³/mol. The van der Waals surface area contributed by atoms with Gasteiger partial charge in [-0.2, -0.15) is 5.10 Å². The molecule has 0 atom stereocenters. The van der Waals surface area contributed by atoms with E-state index in [0.717, 1.165) is 6.21 Å². The van der Waals surface area contributed by atoms with Gasteiger partial charge < -0.3 is 9.84 Å². The van der Waals surface area contributed by atoms with Crippen LogP contribution >= 0.6 is 0 Å². The van der Waals surface area contributed by atoms with Gasteiger partial charge in [-0.15, -0.1) is 0 Å². The topological polar surface area (TPSA) is 53.8 Å². The van der Waals surface area contributed by atoms with Gasteiger partial charge in [-0.05, 0) is 30.7 Å². The molecule has 0 amide bonds. The fourth-order valence-electron chi connectivity index (χ4n) is 1.76. The van der Waals surface area contributed by atoms with E-state index in [1.54, 1.807) is 12.3 Å². The summed E-state index contributed by atoms with van der Waals surface area (Å²) in [7, 11) is 0. The Labute approximate surface area is 133 Å². The lowest BCUT2D eigenvalue weighted by Gasteiger charge is -2.07. The Bertz CT molecular complexity index is 767. The molecule has 0 heterocycles. The molecule has 0 saturated heterocycles. The van der Waals surface area contributed by atoms with Crippen molar-refractivity contribution in [1.82, 2.24) is 0 Å². The third-order valence-corrected chi connectivity index (χ3v) is 2.88. The van der Waals surface area contributed by atoms with Crippen LogP contribution in [0.2, 0.25) is 0 Å². The molecule has 128 valence electrons. The molecule has 0 bridgehead atoms. The van der Waals surface area contributed by atoms with E-state index in [-0.39, 0.29) is 18.1 Å². The van der Waals surface area contributed by atoms with Gasteiger partial charge in [0.25, 0.3) is 0 Å². The van der Waals surface area contributed by atoms with Crippen LogP contribution in [0.15, 0.2) is 23.3 Å². The average Bonchev–Trinajstić information content (AvgIpc) is 2.57. The first-order valence-corrected chi connectivity index (χ1v) is 6.63. The summed E-state index contributed by atoms with van der Waals surface area (Å²) in [5.74, 6) is -10.4. The number of anilines is 1. The van der Waals surface area contributed by atoms with Crippen LogP contribution in [0, 0.1) is 29.1 Å². The summed E-state index contributed by atoms with van der Waals surface area (Å²) in [5, 5.41) is 13.0. The van der Waals surface area contributed by atoms with Gasteiger partial charge in [-0.25, -0.2) is 22.0 Å². The fourth-order valence-corrected chi connectivity index (χ4v) is 1.76. The van der Waals surface area contributed by atoms with Gasteiger partial charge in [0.05, 0.1) is 12.8 Å². The Morgan fingerprint density at radius 3 is 2.21 bits per heavy atom. The molecular weight excluding hydrogens is 335 g/mol. The molecule has 0 spiro atoms. The van der Waals surface area contributed by atoms with Crippen LogP contribution in [0.4, 0.5) is 27.6 Å². The van der Waals surface area contributed by atoms with Crippen LogP contribution in [0.1, 0.15) is 12.5 Å². The summed E-state index contributed by atoms with van der Waals surface area (Å²) in [4.78, 5) is 0. The lowest BCUT2D eigenvalue weighted by atomic mass is 10.2. The maximum atomic E-state index is 13.4. The smallest absolute Gasteiger partial charge is 0.200 e. The molecule has 0 aliphatic carbocycles. The van der Waals surface area contributed by atoms with Crippen LogP contribution < -0.4 is 10.2 Å². The normalized spacial score (nSPS) is 11.1. The van der Waals surface area contributed by atoms with Crippen LogP contribution in [0.5, 0.6) is 11.5 Å². The van der Waals surface area contributed by atoms with E-state index in [2.05, 4.69) is 5.10 Å². The summed E-state index contributed by atoms with van der Waals surface area (Å²) < 4.78 is 71.0. The second-order valence-corrected chi connectivity index (χ2v) is 4.48. The number of hydrogen-bond acceptors (Lipinski definition) is 4. The van der Waals surface area contributed by atoms with Crippen molar-refractivity contribution in [3.05, 3.63) is 52.8 Å². The lowest BCUT2D eigenvalue weighted by Crippen LogP contribution is -2.06. The number of hydrazone groups is 1. The van der Waals surface area contributed by atoms with E-state index in [1.165, 1.54) is 18.2 Å². The van der Waals surface area contributed by atoms with Crippen LogP contribution in [-0.4, -0.2) is 17.9 Å². The Balaban J connectivity index is 2.26. The van der Waals surface area contributed by atoms with E-state index in [9.17, 15) is 27.1 Å². The molecule has 0 unspecified atom stereocenters. The highest BCUT2D eigenvalue weighted by atomic mass is 19.2. The number of halogens is 5. The van der Waals surface area contributed by atoms with Gasteiger partial charge in [0.2, 0.25) is 5.82 Å². The molecule has 24 heavy (non-hydrogen) atoms. The number of ether oxygens (including phenoxy) is 1. The number of hydrogen-bond donors (Lipinski definition) is 2. The first kappa shape index (κ1) is 17.5. The highest BCUT2D eigenvalue weighted by Gasteiger charge is 2.25. The number of aromatic hydroxyl groups is 1. The summed E-state index contributed by atoms with van der Waals surface area (Å²) in [6.07, 6.45) is 1.06.